The number of esters is 3. The molecule has 8 nitrogen and oxygen atoms in total. The molecule has 1 aliphatic carbocycles. The van der Waals surface area contributed by atoms with Crippen molar-refractivity contribution in [3.05, 3.63) is 35.9 Å². The van der Waals surface area contributed by atoms with Crippen molar-refractivity contribution < 1.29 is 38.1 Å². The highest BCUT2D eigenvalue weighted by Gasteiger charge is 2.81. The quantitative estimate of drug-likeness (QED) is 0.427. The van der Waals surface area contributed by atoms with E-state index in [2.05, 4.69) is 0 Å². The molecule has 26 heavy (non-hydrogen) atoms. The normalized spacial score (nSPS) is 36.2. The van der Waals surface area contributed by atoms with Crippen molar-refractivity contribution in [3.8, 4) is 0 Å². The monoisotopic (exact) mass is 362 g/mol. The maximum Gasteiger partial charge on any atom is 0.338 e. The first-order valence-corrected chi connectivity index (χ1v) is 8.32. The summed E-state index contributed by atoms with van der Waals surface area (Å²) in [6, 6.07) is 8.52. The fourth-order valence-corrected chi connectivity index (χ4v) is 3.57. The lowest BCUT2D eigenvalue weighted by Crippen LogP contribution is -2.55. The number of rotatable bonds is 5. The van der Waals surface area contributed by atoms with Gasteiger partial charge in [-0.1, -0.05) is 18.2 Å². The highest BCUT2D eigenvalue weighted by atomic mass is 16.7. The molecule has 3 fully saturated rings. The summed E-state index contributed by atoms with van der Waals surface area (Å²) in [5.41, 5.74) is -0.661. The van der Waals surface area contributed by atoms with E-state index in [1.54, 1.807) is 30.3 Å². The molecule has 8 heteroatoms. The molecule has 0 radical (unpaired) electrons. The largest absolute Gasteiger partial charge is 0.459 e. The van der Waals surface area contributed by atoms with E-state index in [1.165, 1.54) is 13.8 Å². The van der Waals surface area contributed by atoms with Crippen LogP contribution in [0.1, 0.15) is 24.2 Å². The van der Waals surface area contributed by atoms with E-state index in [1.807, 2.05) is 0 Å². The molecule has 0 unspecified atom stereocenters. The Morgan fingerprint density at radius 3 is 2.38 bits per heavy atom. The molecule has 1 aromatic rings. The van der Waals surface area contributed by atoms with Crippen molar-refractivity contribution in [2.75, 3.05) is 6.61 Å². The minimum Gasteiger partial charge on any atom is -0.459 e. The number of fused-ring (bicyclic) bond motifs is 3. The fourth-order valence-electron chi connectivity index (χ4n) is 3.57. The van der Waals surface area contributed by atoms with Crippen LogP contribution in [-0.4, -0.2) is 60.6 Å². The molecular formula is C18H18O8. The SMILES string of the molecule is CC(=O)O[C@H]1[C@@H]2O[C@H]2[C@@H]2O[C@@]2(COC(=O)c2ccccc2)[C@H]1OC(C)=O. The number of hydrogen-bond acceptors (Lipinski definition) is 8. The molecule has 138 valence electrons. The summed E-state index contributed by atoms with van der Waals surface area (Å²) in [6.45, 7) is 2.39. The lowest BCUT2D eigenvalue weighted by Gasteiger charge is -2.32. The first-order chi connectivity index (χ1) is 12.4. The Morgan fingerprint density at radius 1 is 1.04 bits per heavy atom. The Morgan fingerprint density at radius 2 is 1.73 bits per heavy atom. The van der Waals surface area contributed by atoms with Crippen LogP contribution in [0.4, 0.5) is 0 Å². The van der Waals surface area contributed by atoms with Gasteiger partial charge in [-0.15, -0.1) is 0 Å². The molecule has 2 saturated heterocycles. The van der Waals surface area contributed by atoms with E-state index < -0.39 is 35.7 Å². The summed E-state index contributed by atoms with van der Waals surface area (Å²) in [4.78, 5) is 35.2. The second-order valence-corrected chi connectivity index (χ2v) is 6.60. The van der Waals surface area contributed by atoms with Crippen molar-refractivity contribution in [2.45, 2.75) is 50.0 Å². The summed E-state index contributed by atoms with van der Waals surface area (Å²) < 4.78 is 27.4. The number of carbonyl (C=O) groups is 3. The van der Waals surface area contributed by atoms with Crippen molar-refractivity contribution in [1.82, 2.24) is 0 Å². The van der Waals surface area contributed by atoms with Crippen molar-refractivity contribution >= 4 is 17.9 Å². The summed E-state index contributed by atoms with van der Waals surface area (Å²) in [7, 11) is 0. The van der Waals surface area contributed by atoms with E-state index in [9.17, 15) is 14.4 Å². The van der Waals surface area contributed by atoms with Gasteiger partial charge in [0.1, 0.15) is 24.9 Å². The number of ether oxygens (including phenoxy) is 5. The molecule has 4 rings (SSSR count). The van der Waals surface area contributed by atoms with Crippen LogP contribution in [0.25, 0.3) is 0 Å². The van der Waals surface area contributed by atoms with Gasteiger partial charge in [0.15, 0.2) is 17.8 Å². The lowest BCUT2D eigenvalue weighted by molar-refractivity contribution is -0.175. The van der Waals surface area contributed by atoms with Gasteiger partial charge in [0.05, 0.1) is 5.56 Å². The molecule has 0 bridgehead atoms. The molecule has 0 amide bonds. The summed E-state index contributed by atoms with van der Waals surface area (Å²) in [6.07, 6.45) is -2.71. The molecule has 0 spiro atoms. The molecule has 3 aliphatic rings. The standard InChI is InChI=1S/C18H18O8/c1-9(19)23-13-12-14(25-12)16-18(26-16,15(13)24-10(2)20)8-22-17(21)11-6-4-3-5-7-11/h3-7,12-16H,8H2,1-2H3/t12-,13-,14+,15-,16-,18-/m0/s1. The van der Waals surface area contributed by atoms with Crippen molar-refractivity contribution in [2.24, 2.45) is 0 Å². The number of epoxide rings is 2. The number of hydrogen-bond donors (Lipinski definition) is 0. The Hall–Kier alpha value is -2.45. The van der Waals surface area contributed by atoms with Crippen LogP contribution in [0, 0.1) is 0 Å². The van der Waals surface area contributed by atoms with Crippen LogP contribution in [-0.2, 0) is 33.3 Å². The van der Waals surface area contributed by atoms with E-state index in [-0.39, 0.29) is 24.9 Å². The average molecular weight is 362 g/mol. The topological polar surface area (TPSA) is 104 Å². The van der Waals surface area contributed by atoms with Crippen LogP contribution in [0.5, 0.6) is 0 Å². The van der Waals surface area contributed by atoms with Gasteiger partial charge in [0, 0.05) is 13.8 Å². The van der Waals surface area contributed by atoms with Gasteiger partial charge in [-0.25, -0.2) is 4.79 Å². The van der Waals surface area contributed by atoms with Crippen LogP contribution < -0.4 is 0 Å². The van der Waals surface area contributed by atoms with Gasteiger partial charge in [-0.2, -0.15) is 0 Å². The summed E-state index contributed by atoms with van der Waals surface area (Å²) in [5.74, 6) is -1.58. The average Bonchev–Trinajstić information content (AvgIpc) is 3.49. The van der Waals surface area contributed by atoms with Gasteiger partial charge in [0.2, 0.25) is 0 Å². The Bertz CT molecular complexity index is 747. The number of benzene rings is 1. The van der Waals surface area contributed by atoms with Crippen LogP contribution in [0.2, 0.25) is 0 Å². The van der Waals surface area contributed by atoms with Gasteiger partial charge in [-0.05, 0) is 12.1 Å². The second-order valence-electron chi connectivity index (χ2n) is 6.60. The minimum atomic E-state index is -1.06. The van der Waals surface area contributed by atoms with Gasteiger partial charge >= 0.3 is 17.9 Å². The maximum absolute atomic E-state index is 12.2. The Kier molecular flexibility index (Phi) is 3.96. The van der Waals surface area contributed by atoms with E-state index in [4.69, 9.17) is 23.7 Å². The molecule has 6 atom stereocenters. The molecule has 2 heterocycles. The third kappa shape index (κ3) is 2.85. The summed E-state index contributed by atoms with van der Waals surface area (Å²) >= 11 is 0. The minimum absolute atomic E-state index is 0.131. The van der Waals surface area contributed by atoms with Crippen molar-refractivity contribution in [3.63, 3.8) is 0 Å². The Labute approximate surface area is 149 Å². The molecule has 1 saturated carbocycles. The fraction of sp³-hybridized carbons (Fsp3) is 0.500. The zero-order valence-electron chi connectivity index (χ0n) is 14.2. The van der Waals surface area contributed by atoms with Crippen LogP contribution >= 0.6 is 0 Å². The molecule has 0 aromatic heterocycles. The Balaban J connectivity index is 1.52. The summed E-state index contributed by atoms with van der Waals surface area (Å²) in [5, 5.41) is 0. The van der Waals surface area contributed by atoms with Gasteiger partial charge in [-0.3, -0.25) is 9.59 Å². The van der Waals surface area contributed by atoms with Crippen LogP contribution in [0.15, 0.2) is 30.3 Å². The lowest BCUT2D eigenvalue weighted by atomic mass is 9.84. The molecule has 2 aliphatic heterocycles. The van der Waals surface area contributed by atoms with Crippen LogP contribution in [0.3, 0.4) is 0 Å². The van der Waals surface area contributed by atoms with Gasteiger partial charge in [0.25, 0.3) is 0 Å². The first kappa shape index (κ1) is 17.0. The highest BCUT2D eigenvalue weighted by molar-refractivity contribution is 5.89. The highest BCUT2D eigenvalue weighted by Crippen LogP contribution is 2.57. The molecule has 0 N–H and O–H groups in total. The predicted octanol–water partition coefficient (Wildman–Crippen LogP) is 0.625. The predicted molar refractivity (Wildman–Crippen MR) is 84.1 cm³/mol. The third-order valence-corrected chi connectivity index (χ3v) is 4.77. The first-order valence-electron chi connectivity index (χ1n) is 8.32. The maximum atomic E-state index is 12.2. The van der Waals surface area contributed by atoms with Crippen molar-refractivity contribution in [1.29, 1.82) is 0 Å². The van der Waals surface area contributed by atoms with E-state index >= 15 is 0 Å². The third-order valence-electron chi connectivity index (χ3n) is 4.77. The smallest absolute Gasteiger partial charge is 0.338 e. The van der Waals surface area contributed by atoms with E-state index in [0.29, 0.717) is 5.56 Å². The zero-order chi connectivity index (χ0) is 18.5. The molecule has 1 aromatic carbocycles. The zero-order valence-corrected chi connectivity index (χ0v) is 14.2. The van der Waals surface area contributed by atoms with Gasteiger partial charge < -0.3 is 23.7 Å². The number of carbonyl (C=O) groups excluding carboxylic acids is 3. The van der Waals surface area contributed by atoms with E-state index in [0.717, 1.165) is 0 Å². The molecular weight excluding hydrogens is 344 g/mol. The second kappa shape index (κ2) is 6.07.